The summed E-state index contributed by atoms with van der Waals surface area (Å²) >= 11 is 6.76. The van der Waals surface area contributed by atoms with Gasteiger partial charge in [-0.2, -0.15) is 0 Å². The first-order valence-corrected chi connectivity index (χ1v) is 9.79. The minimum absolute atomic E-state index is 0.148. The number of aromatic hydroxyl groups is 1. The molecule has 0 atom stereocenters. The molecule has 4 rings (SSSR count). The van der Waals surface area contributed by atoms with E-state index in [9.17, 15) is 5.11 Å². The number of phenolic OH excluding ortho intramolecular Hbond substituents is 1. The van der Waals surface area contributed by atoms with Crippen molar-refractivity contribution in [3.05, 3.63) is 74.7 Å². The molecule has 0 aliphatic heterocycles. The molecule has 4 aromatic rings. The Morgan fingerprint density at radius 1 is 1.07 bits per heavy atom. The minimum Gasteiger partial charge on any atom is -0.506 e. The third-order valence-electron chi connectivity index (χ3n) is 4.23. The summed E-state index contributed by atoms with van der Waals surface area (Å²) in [5.41, 5.74) is 4.82. The van der Waals surface area contributed by atoms with Crippen molar-refractivity contribution in [3.8, 4) is 17.2 Å². The van der Waals surface area contributed by atoms with Gasteiger partial charge in [-0.25, -0.2) is 4.98 Å². The fraction of sp³-hybridized carbons (Fsp3) is 0.0476. The molecule has 0 saturated carbocycles. The quantitative estimate of drug-likeness (QED) is 0.325. The van der Waals surface area contributed by atoms with E-state index in [1.54, 1.807) is 12.3 Å². The summed E-state index contributed by atoms with van der Waals surface area (Å²) in [6.45, 7) is 1.98. The van der Waals surface area contributed by atoms with Crippen LogP contribution in [-0.4, -0.2) is 16.3 Å². The van der Waals surface area contributed by atoms with E-state index in [-0.39, 0.29) is 5.75 Å². The molecule has 0 bridgehead atoms. The zero-order valence-corrected chi connectivity index (χ0v) is 17.5. The van der Waals surface area contributed by atoms with Gasteiger partial charge in [0.1, 0.15) is 11.3 Å². The van der Waals surface area contributed by atoms with Gasteiger partial charge in [0.05, 0.1) is 10.2 Å². The summed E-state index contributed by atoms with van der Waals surface area (Å²) in [6, 6.07) is 17.1. The zero-order chi connectivity index (χ0) is 19.0. The number of benzene rings is 3. The summed E-state index contributed by atoms with van der Waals surface area (Å²) in [4.78, 5) is 9.13. The molecule has 3 aromatic carbocycles. The molecule has 0 spiro atoms. The highest BCUT2D eigenvalue weighted by Crippen LogP contribution is 2.33. The number of phenols is 1. The second-order valence-electron chi connectivity index (χ2n) is 6.02. The molecule has 134 valence electrons. The van der Waals surface area contributed by atoms with E-state index in [0.717, 1.165) is 32.4 Å². The van der Waals surface area contributed by atoms with E-state index in [2.05, 4.69) is 41.8 Å². The zero-order valence-electron chi connectivity index (χ0n) is 14.3. The van der Waals surface area contributed by atoms with Gasteiger partial charge in [-0.3, -0.25) is 4.99 Å². The van der Waals surface area contributed by atoms with Gasteiger partial charge in [0.25, 0.3) is 0 Å². The highest BCUT2D eigenvalue weighted by Gasteiger charge is 2.12. The molecule has 6 heteroatoms. The first-order chi connectivity index (χ1) is 13.0. The molecule has 0 unspecified atom stereocenters. The van der Waals surface area contributed by atoms with Gasteiger partial charge < -0.3 is 9.52 Å². The van der Waals surface area contributed by atoms with Crippen LogP contribution in [0.5, 0.6) is 5.75 Å². The third-order valence-corrected chi connectivity index (χ3v) is 5.29. The molecule has 0 amide bonds. The molecular weight excluding hydrogens is 472 g/mol. The molecule has 0 aliphatic carbocycles. The molecule has 0 fully saturated rings. The van der Waals surface area contributed by atoms with Crippen LogP contribution in [0.25, 0.3) is 22.6 Å². The van der Waals surface area contributed by atoms with Crippen LogP contribution in [0.1, 0.15) is 11.1 Å². The molecule has 1 N–H and O–H groups in total. The van der Waals surface area contributed by atoms with Gasteiger partial charge in [-0.15, -0.1) is 0 Å². The van der Waals surface area contributed by atoms with Crippen molar-refractivity contribution in [2.45, 2.75) is 6.92 Å². The molecule has 27 heavy (non-hydrogen) atoms. The summed E-state index contributed by atoms with van der Waals surface area (Å²) in [5, 5.41) is 10.2. The van der Waals surface area contributed by atoms with Crippen LogP contribution in [0.4, 0.5) is 5.69 Å². The smallest absolute Gasteiger partial charge is 0.227 e. The Balaban J connectivity index is 1.74. The highest BCUT2D eigenvalue weighted by molar-refractivity contribution is 9.11. The predicted octanol–water partition coefficient (Wildman–Crippen LogP) is 6.78. The topological polar surface area (TPSA) is 58.6 Å². The van der Waals surface area contributed by atoms with E-state index in [1.807, 2.05) is 55.5 Å². The maximum atomic E-state index is 10.2. The van der Waals surface area contributed by atoms with Crippen molar-refractivity contribution in [1.29, 1.82) is 0 Å². The van der Waals surface area contributed by atoms with Crippen molar-refractivity contribution in [2.24, 2.45) is 4.99 Å². The number of oxazole rings is 1. The standard InChI is InChI=1S/C21H14Br2N2O2/c1-12-15(21-25-18-6-2-3-8-19(18)27-21)5-4-7-17(12)24-11-13-9-14(22)10-16(23)20(13)26/h2-11,26H,1H3. The Morgan fingerprint density at radius 2 is 1.89 bits per heavy atom. The van der Waals surface area contributed by atoms with E-state index in [1.165, 1.54) is 0 Å². The van der Waals surface area contributed by atoms with Gasteiger partial charge in [-0.05, 0) is 64.8 Å². The fourth-order valence-electron chi connectivity index (χ4n) is 2.81. The minimum atomic E-state index is 0.148. The van der Waals surface area contributed by atoms with Crippen molar-refractivity contribution in [1.82, 2.24) is 4.98 Å². The number of halogens is 2. The summed E-state index contributed by atoms with van der Waals surface area (Å²) in [5.74, 6) is 0.716. The van der Waals surface area contributed by atoms with Gasteiger partial charge in [0.2, 0.25) is 5.89 Å². The van der Waals surface area contributed by atoms with Crippen LogP contribution in [-0.2, 0) is 0 Å². The number of para-hydroxylation sites is 2. The molecule has 1 aromatic heterocycles. The lowest BCUT2D eigenvalue weighted by atomic mass is 10.1. The maximum absolute atomic E-state index is 10.2. The largest absolute Gasteiger partial charge is 0.506 e. The van der Waals surface area contributed by atoms with Crippen molar-refractivity contribution in [2.75, 3.05) is 0 Å². The lowest BCUT2D eigenvalue weighted by molar-refractivity contribution is 0.471. The Bertz CT molecular complexity index is 1150. The van der Waals surface area contributed by atoms with Crippen LogP contribution < -0.4 is 0 Å². The van der Waals surface area contributed by atoms with Gasteiger partial charge >= 0.3 is 0 Å². The average Bonchev–Trinajstić information content (AvgIpc) is 3.08. The lowest BCUT2D eigenvalue weighted by Gasteiger charge is -2.06. The van der Waals surface area contributed by atoms with Crippen molar-refractivity contribution in [3.63, 3.8) is 0 Å². The number of nitrogens with zero attached hydrogens (tertiary/aromatic N) is 2. The third kappa shape index (κ3) is 3.55. The van der Waals surface area contributed by atoms with Crippen LogP contribution in [0.2, 0.25) is 0 Å². The van der Waals surface area contributed by atoms with E-state index in [4.69, 9.17) is 4.42 Å². The second kappa shape index (κ2) is 7.29. The maximum Gasteiger partial charge on any atom is 0.227 e. The SMILES string of the molecule is Cc1c(N=Cc2cc(Br)cc(Br)c2O)cccc1-c1nc2ccccc2o1. The van der Waals surface area contributed by atoms with Gasteiger partial charge in [-0.1, -0.05) is 34.1 Å². The number of aliphatic imine (C=N–C) groups is 1. The molecular formula is C21H14Br2N2O2. The number of rotatable bonds is 3. The van der Waals surface area contributed by atoms with Crippen molar-refractivity contribution >= 4 is 54.9 Å². The lowest BCUT2D eigenvalue weighted by Crippen LogP contribution is -1.87. The van der Waals surface area contributed by atoms with Gasteiger partial charge in [0, 0.05) is 21.8 Å². The highest BCUT2D eigenvalue weighted by atomic mass is 79.9. The monoisotopic (exact) mass is 484 g/mol. The Morgan fingerprint density at radius 3 is 2.70 bits per heavy atom. The first kappa shape index (κ1) is 17.9. The average molecular weight is 486 g/mol. The van der Waals surface area contributed by atoms with Crippen LogP contribution >= 0.6 is 31.9 Å². The Hall–Kier alpha value is -2.44. The summed E-state index contributed by atoms with van der Waals surface area (Å²) in [6.07, 6.45) is 1.64. The van der Waals surface area contributed by atoms with E-state index < -0.39 is 0 Å². The van der Waals surface area contributed by atoms with E-state index in [0.29, 0.717) is 15.9 Å². The summed E-state index contributed by atoms with van der Waals surface area (Å²) in [7, 11) is 0. The van der Waals surface area contributed by atoms with Crippen LogP contribution in [0.3, 0.4) is 0 Å². The predicted molar refractivity (Wildman–Crippen MR) is 115 cm³/mol. The number of hydrogen-bond acceptors (Lipinski definition) is 4. The number of hydrogen-bond donors (Lipinski definition) is 1. The fourth-order valence-corrected chi connectivity index (χ4v) is 4.06. The molecule has 0 radical (unpaired) electrons. The Labute approximate surface area is 172 Å². The number of aromatic nitrogens is 1. The van der Waals surface area contributed by atoms with E-state index >= 15 is 0 Å². The van der Waals surface area contributed by atoms with Crippen LogP contribution in [0, 0.1) is 6.92 Å². The summed E-state index contributed by atoms with van der Waals surface area (Å²) < 4.78 is 7.35. The number of fused-ring (bicyclic) bond motifs is 1. The normalized spacial score (nSPS) is 11.5. The first-order valence-electron chi connectivity index (χ1n) is 8.20. The molecule has 0 aliphatic rings. The molecule has 0 saturated heterocycles. The second-order valence-corrected chi connectivity index (χ2v) is 7.79. The molecule has 4 nitrogen and oxygen atoms in total. The Kier molecular flexibility index (Phi) is 4.85. The molecule has 1 heterocycles. The van der Waals surface area contributed by atoms with Gasteiger partial charge in [0.15, 0.2) is 5.58 Å². The van der Waals surface area contributed by atoms with Crippen molar-refractivity contribution < 1.29 is 9.52 Å². The van der Waals surface area contributed by atoms with Crippen LogP contribution in [0.15, 0.2) is 73.0 Å².